The highest BCUT2D eigenvalue weighted by Gasteiger charge is 2.20. The molecule has 0 spiro atoms. The van der Waals surface area contributed by atoms with Gasteiger partial charge in [0, 0.05) is 48.7 Å². The fraction of sp³-hybridized carbons (Fsp3) is 0.167. The minimum atomic E-state index is 0.444. The number of aromatic nitrogens is 3. The van der Waals surface area contributed by atoms with Gasteiger partial charge in [-0.2, -0.15) is 0 Å². The Labute approximate surface area is 190 Å². The van der Waals surface area contributed by atoms with Crippen LogP contribution in [0.4, 0.5) is 11.6 Å². The molecule has 2 N–H and O–H groups in total. The monoisotopic (exact) mass is 444 g/mol. The molecule has 2 aromatic carbocycles. The van der Waals surface area contributed by atoms with Crippen LogP contribution in [0.2, 0.25) is 5.02 Å². The highest BCUT2D eigenvalue weighted by Crippen LogP contribution is 2.37. The van der Waals surface area contributed by atoms with Crippen LogP contribution in [0.5, 0.6) is 0 Å². The van der Waals surface area contributed by atoms with E-state index in [1.54, 1.807) is 6.33 Å². The second-order valence-corrected chi connectivity index (χ2v) is 8.07. The molecule has 160 valence electrons. The first kappa shape index (κ1) is 20.2. The lowest BCUT2D eigenvalue weighted by molar-refractivity contribution is -0.104. The summed E-state index contributed by atoms with van der Waals surface area (Å²) in [7, 11) is 0. The molecule has 4 aromatic rings. The van der Waals surface area contributed by atoms with Crippen LogP contribution in [-0.4, -0.2) is 52.3 Å². The molecule has 2 aromatic heterocycles. The Hall–Kier alpha value is -3.71. The van der Waals surface area contributed by atoms with E-state index >= 15 is 0 Å². The molecule has 0 aliphatic carbocycles. The molecule has 0 radical (unpaired) electrons. The van der Waals surface area contributed by atoms with Gasteiger partial charge in [-0.05, 0) is 29.7 Å². The number of carbonyl (C=O) groups is 1. The van der Waals surface area contributed by atoms with E-state index in [4.69, 9.17) is 17.3 Å². The Morgan fingerprint density at radius 2 is 1.81 bits per heavy atom. The van der Waals surface area contributed by atoms with E-state index in [9.17, 15) is 4.79 Å². The van der Waals surface area contributed by atoms with E-state index < -0.39 is 0 Å². The van der Waals surface area contributed by atoms with Crippen molar-refractivity contribution in [1.29, 1.82) is 0 Å². The number of benzene rings is 2. The number of halogens is 1. The van der Waals surface area contributed by atoms with Crippen molar-refractivity contribution in [3.8, 4) is 11.3 Å². The minimum Gasteiger partial charge on any atom is -0.384 e. The lowest BCUT2D eigenvalue weighted by Gasteiger charge is -2.35. The number of nitrogens with two attached hydrogens (primary N) is 1. The first-order valence-electron chi connectivity index (χ1n) is 10.3. The summed E-state index contributed by atoms with van der Waals surface area (Å²) in [6.07, 6.45) is 5.72. The Morgan fingerprint density at radius 3 is 2.62 bits per heavy atom. The zero-order chi connectivity index (χ0) is 22.1. The number of piperazine rings is 1. The second kappa shape index (κ2) is 8.43. The number of hydrogen-bond acceptors (Lipinski definition) is 7. The predicted octanol–water partition coefficient (Wildman–Crippen LogP) is 3.92. The van der Waals surface area contributed by atoms with Crippen molar-refractivity contribution >= 4 is 51.2 Å². The third-order valence-electron chi connectivity index (χ3n) is 5.71. The molecule has 7 nitrogen and oxygen atoms in total. The Bertz CT molecular complexity index is 1350. The topological polar surface area (TPSA) is 88.2 Å². The van der Waals surface area contributed by atoms with E-state index in [1.165, 1.54) is 6.08 Å². The van der Waals surface area contributed by atoms with Crippen molar-refractivity contribution in [2.45, 2.75) is 0 Å². The van der Waals surface area contributed by atoms with E-state index in [-0.39, 0.29) is 0 Å². The van der Waals surface area contributed by atoms with Crippen molar-refractivity contribution in [1.82, 2.24) is 19.9 Å². The molecule has 1 fully saturated rings. The van der Waals surface area contributed by atoms with Crippen LogP contribution >= 0.6 is 11.6 Å². The van der Waals surface area contributed by atoms with Gasteiger partial charge in [-0.15, -0.1) is 0 Å². The van der Waals surface area contributed by atoms with Crippen molar-refractivity contribution in [2.24, 2.45) is 0 Å². The molecule has 1 saturated heterocycles. The third-order valence-corrected chi connectivity index (χ3v) is 6.02. The number of carbonyl (C=O) groups excluding carboxylic acids is 1. The average Bonchev–Trinajstić information content (AvgIpc) is 2.82. The van der Waals surface area contributed by atoms with E-state index in [1.807, 2.05) is 48.7 Å². The molecule has 0 bridgehead atoms. The van der Waals surface area contributed by atoms with Gasteiger partial charge in [-0.3, -0.25) is 4.79 Å². The molecular weight excluding hydrogens is 424 g/mol. The van der Waals surface area contributed by atoms with E-state index in [0.29, 0.717) is 10.8 Å². The molecule has 0 unspecified atom stereocenters. The number of nitrogens with zero attached hydrogens (tertiary/aromatic N) is 5. The molecular formula is C24H21ClN6O. The summed E-state index contributed by atoms with van der Waals surface area (Å²) in [5, 5.41) is 3.46. The number of rotatable bonds is 4. The molecule has 8 heteroatoms. The van der Waals surface area contributed by atoms with E-state index in [0.717, 1.165) is 71.2 Å². The van der Waals surface area contributed by atoms with Crippen LogP contribution in [0.1, 0.15) is 0 Å². The molecule has 32 heavy (non-hydrogen) atoms. The summed E-state index contributed by atoms with van der Waals surface area (Å²) in [4.78, 5) is 28.6. The quantitative estimate of drug-likeness (QED) is 0.377. The normalized spacial score (nSPS) is 14.5. The molecule has 1 aliphatic rings. The van der Waals surface area contributed by atoms with Gasteiger partial charge in [-0.25, -0.2) is 15.0 Å². The first-order valence-corrected chi connectivity index (χ1v) is 10.7. The minimum absolute atomic E-state index is 0.444. The molecule has 1 aliphatic heterocycles. The fourth-order valence-corrected chi connectivity index (χ4v) is 4.41. The Morgan fingerprint density at radius 1 is 1.00 bits per heavy atom. The molecule has 5 rings (SSSR count). The number of hydrogen-bond donors (Lipinski definition) is 1. The summed E-state index contributed by atoms with van der Waals surface area (Å²) in [5.41, 5.74) is 8.40. The summed E-state index contributed by atoms with van der Waals surface area (Å²) < 4.78 is 0. The van der Waals surface area contributed by atoms with Gasteiger partial charge in [0.05, 0.1) is 16.2 Å². The van der Waals surface area contributed by atoms with Crippen molar-refractivity contribution < 1.29 is 4.79 Å². The maximum Gasteiger partial charge on any atom is 0.144 e. The standard InChI is InChI=1S/C24H21ClN6O/c25-20-13-19-21(14-18(20)23-17-5-2-1-4-16(17)12-22(26)29-23)27-15-28-24(19)31-9-7-30(8-10-31)6-3-11-32/h1-6,11-15H,7-10H2,(H2,26,29). The fourth-order valence-electron chi connectivity index (χ4n) is 4.16. The molecule has 0 saturated carbocycles. The maximum atomic E-state index is 10.6. The number of nitrogen functional groups attached to an aromatic ring is 1. The van der Waals surface area contributed by atoms with Crippen molar-refractivity contribution in [3.63, 3.8) is 0 Å². The van der Waals surface area contributed by atoms with Crippen molar-refractivity contribution in [3.05, 3.63) is 66.1 Å². The van der Waals surface area contributed by atoms with Crippen LogP contribution in [0.3, 0.4) is 0 Å². The van der Waals surface area contributed by atoms with Crippen LogP contribution < -0.4 is 10.6 Å². The summed E-state index contributed by atoms with van der Waals surface area (Å²) in [5.74, 6) is 1.30. The SMILES string of the molecule is Nc1cc2ccccc2c(-c2cc3ncnc(N4CCN(C=CC=O)CC4)c3cc2Cl)n1. The molecule has 0 amide bonds. The highest BCUT2D eigenvalue weighted by molar-refractivity contribution is 6.34. The summed E-state index contributed by atoms with van der Waals surface area (Å²) in [6.45, 7) is 3.19. The summed E-state index contributed by atoms with van der Waals surface area (Å²) >= 11 is 6.78. The van der Waals surface area contributed by atoms with Crippen LogP contribution in [0, 0.1) is 0 Å². The Balaban J connectivity index is 1.56. The average molecular weight is 445 g/mol. The van der Waals surface area contributed by atoms with Gasteiger partial charge >= 0.3 is 0 Å². The zero-order valence-corrected chi connectivity index (χ0v) is 18.0. The van der Waals surface area contributed by atoms with Crippen LogP contribution in [0.25, 0.3) is 32.9 Å². The van der Waals surface area contributed by atoms with E-state index in [2.05, 4.69) is 24.8 Å². The number of allylic oxidation sites excluding steroid dienone is 1. The molecule has 0 atom stereocenters. The van der Waals surface area contributed by atoms with Gasteiger partial charge in [0.1, 0.15) is 24.2 Å². The van der Waals surface area contributed by atoms with Crippen molar-refractivity contribution in [2.75, 3.05) is 36.8 Å². The van der Waals surface area contributed by atoms with Gasteiger partial charge in [-0.1, -0.05) is 35.9 Å². The number of pyridine rings is 1. The predicted molar refractivity (Wildman–Crippen MR) is 129 cm³/mol. The van der Waals surface area contributed by atoms with Gasteiger partial charge in [0.15, 0.2) is 0 Å². The molecule has 3 heterocycles. The first-order chi connectivity index (χ1) is 15.6. The number of anilines is 2. The lowest BCUT2D eigenvalue weighted by atomic mass is 10.0. The van der Waals surface area contributed by atoms with Gasteiger partial charge in [0.25, 0.3) is 0 Å². The number of fused-ring (bicyclic) bond motifs is 2. The van der Waals surface area contributed by atoms with Gasteiger partial charge in [0.2, 0.25) is 0 Å². The maximum absolute atomic E-state index is 10.6. The van der Waals surface area contributed by atoms with Crippen LogP contribution in [-0.2, 0) is 4.79 Å². The third kappa shape index (κ3) is 3.71. The van der Waals surface area contributed by atoms with Crippen LogP contribution in [0.15, 0.2) is 61.1 Å². The largest absolute Gasteiger partial charge is 0.384 e. The second-order valence-electron chi connectivity index (χ2n) is 7.66. The smallest absolute Gasteiger partial charge is 0.144 e. The number of aldehydes is 1. The Kier molecular flexibility index (Phi) is 5.33. The lowest BCUT2D eigenvalue weighted by Crippen LogP contribution is -2.44. The van der Waals surface area contributed by atoms with Gasteiger partial charge < -0.3 is 15.5 Å². The zero-order valence-electron chi connectivity index (χ0n) is 17.3. The highest BCUT2D eigenvalue weighted by atomic mass is 35.5. The summed E-state index contributed by atoms with van der Waals surface area (Å²) in [6, 6.07) is 13.7.